The summed E-state index contributed by atoms with van der Waals surface area (Å²) >= 11 is 0. The lowest BCUT2D eigenvalue weighted by atomic mass is 9.90. The van der Waals surface area contributed by atoms with Gasteiger partial charge in [0.2, 0.25) is 5.88 Å². The molecule has 0 saturated carbocycles. The molecule has 38 heavy (non-hydrogen) atoms. The average molecular weight is 529 g/mol. The van der Waals surface area contributed by atoms with Gasteiger partial charge < -0.3 is 29.5 Å². The van der Waals surface area contributed by atoms with Crippen LogP contribution in [0.4, 0.5) is 4.79 Å². The molecule has 1 amide bonds. The van der Waals surface area contributed by atoms with E-state index in [1.165, 1.54) is 0 Å². The number of carbonyl (C=O) groups is 3. The van der Waals surface area contributed by atoms with Crippen molar-refractivity contribution < 1.29 is 33.7 Å². The number of benzene rings is 1. The molecule has 0 radical (unpaired) electrons. The molecule has 1 aromatic carbocycles. The first-order valence-corrected chi connectivity index (χ1v) is 13.1. The van der Waals surface area contributed by atoms with E-state index >= 15 is 0 Å². The van der Waals surface area contributed by atoms with Crippen LogP contribution in [0.15, 0.2) is 36.4 Å². The van der Waals surface area contributed by atoms with E-state index in [9.17, 15) is 19.5 Å². The molecule has 0 bridgehead atoms. The van der Waals surface area contributed by atoms with E-state index in [0.29, 0.717) is 29.7 Å². The number of hydrogen-bond acceptors (Lipinski definition) is 9. The van der Waals surface area contributed by atoms with Gasteiger partial charge in [-0.15, -0.1) is 0 Å². The van der Waals surface area contributed by atoms with Crippen LogP contribution in [0.25, 0.3) is 10.9 Å². The van der Waals surface area contributed by atoms with Crippen molar-refractivity contribution in [1.29, 1.82) is 0 Å². The predicted molar refractivity (Wildman–Crippen MR) is 139 cm³/mol. The van der Waals surface area contributed by atoms with Crippen LogP contribution in [-0.2, 0) is 19.1 Å². The Labute approximate surface area is 221 Å². The Hall–Kier alpha value is -3.28. The maximum atomic E-state index is 12.3. The Kier molecular flexibility index (Phi) is 9.13. The molecule has 4 rings (SSSR count). The van der Waals surface area contributed by atoms with Crippen LogP contribution in [0.1, 0.15) is 45.6 Å². The van der Waals surface area contributed by atoms with Crippen LogP contribution in [0.3, 0.4) is 0 Å². The van der Waals surface area contributed by atoms with Gasteiger partial charge in [0.25, 0.3) is 0 Å². The fourth-order valence-corrected chi connectivity index (χ4v) is 4.76. The molecule has 0 aliphatic carbocycles. The van der Waals surface area contributed by atoms with Crippen LogP contribution in [-0.4, -0.2) is 82.8 Å². The lowest BCUT2D eigenvalue weighted by molar-refractivity contribution is -0.133. The zero-order chi connectivity index (χ0) is 27.1. The number of carbonyl (C=O) groups excluding carboxylic acids is 3. The van der Waals surface area contributed by atoms with Gasteiger partial charge >= 0.3 is 18.0 Å². The van der Waals surface area contributed by atoms with Gasteiger partial charge in [-0.2, -0.15) is 5.10 Å². The number of hydrogen-bond donors (Lipinski definition) is 2. The lowest BCUT2D eigenvalue weighted by Gasteiger charge is -2.39. The van der Waals surface area contributed by atoms with Crippen molar-refractivity contribution in [2.75, 3.05) is 39.4 Å². The number of aromatic nitrogens is 2. The van der Waals surface area contributed by atoms with Gasteiger partial charge in [-0.3, -0.25) is 0 Å². The summed E-state index contributed by atoms with van der Waals surface area (Å²) in [4.78, 5) is 38.8. The van der Waals surface area contributed by atoms with Gasteiger partial charge in [-0.1, -0.05) is 12.1 Å². The molecule has 3 heterocycles. The third-order valence-corrected chi connectivity index (χ3v) is 7.00. The standard InChI is InChI=1S/C27H36N4O7/c1-19(2)31-25(21-5-3-4-6-22(21)29-31)37-23(32)7-8-24(33)38-26(34)28-18-27(35)11-13-30(14-12-27)17-20-9-15-36-16-10-20/h3-8,19-20,35H,9-18H2,1-2H3,(H,28,34)/b8-7+. The summed E-state index contributed by atoms with van der Waals surface area (Å²) in [6.45, 7) is 7.87. The van der Waals surface area contributed by atoms with Crippen LogP contribution in [0.2, 0.25) is 0 Å². The van der Waals surface area contributed by atoms with E-state index in [1.807, 2.05) is 32.0 Å². The van der Waals surface area contributed by atoms with Gasteiger partial charge in [0.15, 0.2) is 0 Å². The number of fused-ring (bicyclic) bond motifs is 1. The minimum absolute atomic E-state index is 0.0256. The summed E-state index contributed by atoms with van der Waals surface area (Å²) in [7, 11) is 0. The third-order valence-electron chi connectivity index (χ3n) is 7.00. The number of likely N-dealkylation sites (tertiary alicyclic amines) is 1. The largest absolute Gasteiger partial charge is 0.415 e. The topological polar surface area (TPSA) is 132 Å². The van der Waals surface area contributed by atoms with Crippen molar-refractivity contribution in [1.82, 2.24) is 20.0 Å². The highest BCUT2D eigenvalue weighted by atomic mass is 16.6. The molecule has 206 valence electrons. The normalized spacial score (nSPS) is 18.6. The number of amides is 1. The molecule has 2 saturated heterocycles. The summed E-state index contributed by atoms with van der Waals surface area (Å²) in [6, 6.07) is 7.19. The van der Waals surface area contributed by atoms with Crippen molar-refractivity contribution in [3.05, 3.63) is 36.4 Å². The second-order valence-corrected chi connectivity index (χ2v) is 10.3. The summed E-state index contributed by atoms with van der Waals surface area (Å²) in [5, 5.41) is 18.4. The van der Waals surface area contributed by atoms with Crippen LogP contribution < -0.4 is 10.1 Å². The second-order valence-electron chi connectivity index (χ2n) is 10.3. The molecule has 2 fully saturated rings. The van der Waals surface area contributed by atoms with E-state index in [1.54, 1.807) is 10.7 Å². The molecular weight excluding hydrogens is 492 g/mol. The summed E-state index contributed by atoms with van der Waals surface area (Å²) in [6.07, 6.45) is 3.88. The van der Waals surface area contributed by atoms with Gasteiger partial charge in [-0.25, -0.2) is 19.1 Å². The quantitative estimate of drug-likeness (QED) is 0.301. The fraction of sp³-hybridized carbons (Fsp3) is 0.556. The zero-order valence-electron chi connectivity index (χ0n) is 21.9. The Morgan fingerprint density at radius 1 is 1.16 bits per heavy atom. The zero-order valence-corrected chi connectivity index (χ0v) is 21.9. The first-order valence-electron chi connectivity index (χ1n) is 13.1. The molecule has 0 atom stereocenters. The van der Waals surface area contributed by atoms with Crippen molar-refractivity contribution >= 4 is 28.9 Å². The molecule has 2 aromatic rings. The highest BCUT2D eigenvalue weighted by Crippen LogP contribution is 2.28. The maximum Gasteiger partial charge on any atom is 0.415 e. The number of aliphatic hydroxyl groups is 1. The SMILES string of the molecule is CC(C)n1nc2ccccc2c1OC(=O)/C=C/C(=O)OC(=O)NCC1(O)CCN(CC2CCOCC2)CC1. The number of piperidine rings is 1. The second kappa shape index (κ2) is 12.5. The number of alkyl carbamates (subject to hydrolysis) is 1. The first-order chi connectivity index (χ1) is 18.2. The van der Waals surface area contributed by atoms with Crippen molar-refractivity contribution in [3.8, 4) is 5.88 Å². The Morgan fingerprint density at radius 2 is 1.84 bits per heavy atom. The van der Waals surface area contributed by atoms with E-state index in [4.69, 9.17) is 14.2 Å². The van der Waals surface area contributed by atoms with E-state index in [-0.39, 0.29) is 18.5 Å². The van der Waals surface area contributed by atoms with Crippen LogP contribution in [0, 0.1) is 5.92 Å². The van der Waals surface area contributed by atoms with Crippen molar-refractivity contribution in [2.24, 2.45) is 5.92 Å². The summed E-state index contributed by atoms with van der Waals surface area (Å²) in [5.74, 6) is -0.948. The predicted octanol–water partition coefficient (Wildman–Crippen LogP) is 2.59. The highest BCUT2D eigenvalue weighted by molar-refractivity contribution is 5.97. The average Bonchev–Trinajstić information content (AvgIpc) is 3.27. The Bertz CT molecular complexity index is 1160. The highest BCUT2D eigenvalue weighted by Gasteiger charge is 2.33. The van der Waals surface area contributed by atoms with Crippen molar-refractivity contribution in [3.63, 3.8) is 0 Å². The molecule has 11 heteroatoms. The molecule has 0 unspecified atom stereocenters. The lowest BCUT2D eigenvalue weighted by Crippen LogP contribution is -2.51. The molecular formula is C27H36N4O7. The molecule has 2 aliphatic rings. The smallest absolute Gasteiger partial charge is 0.404 e. The molecule has 2 aliphatic heterocycles. The summed E-state index contributed by atoms with van der Waals surface area (Å²) in [5.41, 5.74) is -0.383. The van der Waals surface area contributed by atoms with Crippen LogP contribution in [0.5, 0.6) is 5.88 Å². The maximum absolute atomic E-state index is 12.3. The van der Waals surface area contributed by atoms with E-state index in [0.717, 1.165) is 57.8 Å². The van der Waals surface area contributed by atoms with Gasteiger partial charge in [0, 0.05) is 51.5 Å². The van der Waals surface area contributed by atoms with Crippen molar-refractivity contribution in [2.45, 2.75) is 51.2 Å². The van der Waals surface area contributed by atoms with Gasteiger partial charge in [-0.05, 0) is 57.6 Å². The molecule has 2 N–H and O–H groups in total. The monoisotopic (exact) mass is 528 g/mol. The molecule has 0 spiro atoms. The third kappa shape index (κ3) is 7.40. The summed E-state index contributed by atoms with van der Waals surface area (Å²) < 4.78 is 17.1. The van der Waals surface area contributed by atoms with E-state index < -0.39 is 23.6 Å². The molecule has 1 aromatic heterocycles. The minimum atomic E-state index is -1.06. The molecule has 11 nitrogen and oxygen atoms in total. The number of nitrogens with zero attached hydrogens (tertiary/aromatic N) is 3. The van der Waals surface area contributed by atoms with Gasteiger partial charge in [0.05, 0.1) is 22.5 Å². The number of rotatable bonds is 8. The number of esters is 2. The first kappa shape index (κ1) is 27.7. The van der Waals surface area contributed by atoms with Gasteiger partial charge in [0.1, 0.15) is 0 Å². The fourth-order valence-electron chi connectivity index (χ4n) is 4.76. The minimum Gasteiger partial charge on any atom is -0.404 e. The van der Waals surface area contributed by atoms with E-state index in [2.05, 4.69) is 15.3 Å². The number of ether oxygens (including phenoxy) is 3. The number of nitrogens with one attached hydrogen (secondary N) is 1. The Balaban J connectivity index is 1.20. The Morgan fingerprint density at radius 3 is 2.55 bits per heavy atom. The van der Waals surface area contributed by atoms with Crippen LogP contribution >= 0.6 is 0 Å².